The normalized spacial score (nSPS) is 10.2. The molecule has 0 unspecified atom stereocenters. The van der Waals surface area contributed by atoms with Crippen LogP contribution in [0.15, 0.2) is 54.6 Å². The van der Waals surface area contributed by atoms with Crippen LogP contribution in [0.2, 0.25) is 0 Å². The van der Waals surface area contributed by atoms with E-state index in [2.05, 4.69) is 10.6 Å². The van der Waals surface area contributed by atoms with Crippen LogP contribution in [0, 0.1) is 10.1 Å². The fourth-order valence-electron chi connectivity index (χ4n) is 3.17. The highest BCUT2D eigenvalue weighted by atomic mass is 16.6. The van der Waals surface area contributed by atoms with Crippen LogP contribution in [0.1, 0.15) is 10.4 Å². The first-order valence-electron chi connectivity index (χ1n) is 9.71. The van der Waals surface area contributed by atoms with Gasteiger partial charge in [0.1, 0.15) is 11.3 Å². The number of rotatable bonds is 9. The maximum atomic E-state index is 12.9. The Morgan fingerprint density at radius 2 is 1.33 bits per heavy atom. The summed E-state index contributed by atoms with van der Waals surface area (Å²) in [6, 6.07) is 15.5. The number of methoxy groups -OCH3 is 4. The van der Waals surface area contributed by atoms with Crippen molar-refractivity contribution in [1.82, 2.24) is 0 Å². The number of amides is 1. The number of carbonyl (C=O) groups is 1. The lowest BCUT2D eigenvalue weighted by Crippen LogP contribution is -2.15. The fraction of sp³-hybridized carbons (Fsp3) is 0.174. The number of carbonyl (C=O) groups excluding carboxylic acids is 1. The lowest BCUT2D eigenvalue weighted by Gasteiger charge is -2.15. The molecule has 0 heterocycles. The maximum absolute atomic E-state index is 12.9. The summed E-state index contributed by atoms with van der Waals surface area (Å²) in [6.07, 6.45) is 0. The lowest BCUT2D eigenvalue weighted by molar-refractivity contribution is -0.386. The van der Waals surface area contributed by atoms with E-state index in [0.717, 1.165) is 17.1 Å². The van der Waals surface area contributed by atoms with E-state index < -0.39 is 16.5 Å². The van der Waals surface area contributed by atoms with E-state index in [0.29, 0.717) is 5.69 Å². The van der Waals surface area contributed by atoms with Crippen LogP contribution in [-0.2, 0) is 0 Å². The zero-order valence-corrected chi connectivity index (χ0v) is 18.5. The lowest BCUT2D eigenvalue weighted by atomic mass is 10.1. The summed E-state index contributed by atoms with van der Waals surface area (Å²) in [5.74, 6) is 0.00343. The van der Waals surface area contributed by atoms with Gasteiger partial charge in [-0.15, -0.1) is 0 Å². The third-order valence-corrected chi connectivity index (χ3v) is 4.75. The molecule has 10 nitrogen and oxygen atoms in total. The Morgan fingerprint density at radius 3 is 1.82 bits per heavy atom. The molecule has 0 saturated carbocycles. The average molecular weight is 453 g/mol. The average Bonchev–Trinajstić information content (AvgIpc) is 2.83. The van der Waals surface area contributed by atoms with Crippen LogP contribution in [0.3, 0.4) is 0 Å². The molecule has 0 bridgehead atoms. The van der Waals surface area contributed by atoms with Crippen molar-refractivity contribution in [2.75, 3.05) is 39.1 Å². The molecule has 0 aliphatic carbocycles. The van der Waals surface area contributed by atoms with Gasteiger partial charge in [0.25, 0.3) is 5.91 Å². The summed E-state index contributed by atoms with van der Waals surface area (Å²) in [6.45, 7) is 0. The monoisotopic (exact) mass is 453 g/mol. The molecule has 0 spiro atoms. The minimum atomic E-state index is -0.697. The van der Waals surface area contributed by atoms with Crippen molar-refractivity contribution >= 4 is 28.7 Å². The number of benzene rings is 3. The number of nitro groups is 1. The van der Waals surface area contributed by atoms with Gasteiger partial charge < -0.3 is 29.6 Å². The number of nitrogens with zero attached hydrogens (tertiary/aromatic N) is 1. The summed E-state index contributed by atoms with van der Waals surface area (Å²) >= 11 is 0. The van der Waals surface area contributed by atoms with E-state index in [1.165, 1.54) is 27.4 Å². The summed E-state index contributed by atoms with van der Waals surface area (Å²) < 4.78 is 20.7. The molecule has 33 heavy (non-hydrogen) atoms. The number of hydrogen-bond donors (Lipinski definition) is 2. The minimum absolute atomic E-state index is 0.0252. The van der Waals surface area contributed by atoms with Crippen molar-refractivity contribution in [2.24, 2.45) is 0 Å². The summed E-state index contributed by atoms with van der Waals surface area (Å²) in [5, 5.41) is 17.6. The number of nitrogens with one attached hydrogen (secondary N) is 2. The summed E-state index contributed by atoms with van der Waals surface area (Å²) in [7, 11) is 5.54. The van der Waals surface area contributed by atoms with Gasteiger partial charge in [0.2, 0.25) is 11.5 Å². The molecular formula is C23H23N3O7. The van der Waals surface area contributed by atoms with E-state index in [9.17, 15) is 14.9 Å². The van der Waals surface area contributed by atoms with Crippen LogP contribution in [-0.4, -0.2) is 39.3 Å². The van der Waals surface area contributed by atoms with Crippen molar-refractivity contribution in [2.45, 2.75) is 0 Å². The van der Waals surface area contributed by atoms with E-state index in [4.69, 9.17) is 18.9 Å². The zero-order chi connectivity index (χ0) is 24.0. The van der Waals surface area contributed by atoms with Crippen LogP contribution in [0.25, 0.3) is 0 Å². The Balaban J connectivity index is 1.84. The van der Waals surface area contributed by atoms with Gasteiger partial charge in [0, 0.05) is 23.1 Å². The number of ether oxygens (including phenoxy) is 4. The predicted octanol–water partition coefficient (Wildman–Crippen LogP) is 4.63. The van der Waals surface area contributed by atoms with Crippen LogP contribution in [0.5, 0.6) is 23.0 Å². The first-order chi connectivity index (χ1) is 15.9. The zero-order valence-electron chi connectivity index (χ0n) is 18.5. The van der Waals surface area contributed by atoms with Crippen molar-refractivity contribution in [3.63, 3.8) is 0 Å². The molecular weight excluding hydrogens is 430 g/mol. The van der Waals surface area contributed by atoms with Gasteiger partial charge in [-0.2, -0.15) is 0 Å². The van der Waals surface area contributed by atoms with Gasteiger partial charge in [0.05, 0.1) is 33.4 Å². The number of anilines is 3. The highest BCUT2D eigenvalue weighted by Gasteiger charge is 2.32. The predicted molar refractivity (Wildman–Crippen MR) is 123 cm³/mol. The molecule has 3 aromatic carbocycles. The first-order valence-corrected chi connectivity index (χ1v) is 9.71. The third kappa shape index (κ3) is 5.06. The molecule has 0 saturated heterocycles. The van der Waals surface area contributed by atoms with E-state index >= 15 is 0 Å². The van der Waals surface area contributed by atoms with E-state index in [1.54, 1.807) is 31.4 Å². The second kappa shape index (κ2) is 10.2. The topological polar surface area (TPSA) is 121 Å². The quantitative estimate of drug-likeness (QED) is 0.355. The van der Waals surface area contributed by atoms with Gasteiger partial charge in [0.15, 0.2) is 5.75 Å². The van der Waals surface area contributed by atoms with Crippen molar-refractivity contribution in [1.29, 1.82) is 0 Å². The fourth-order valence-corrected chi connectivity index (χ4v) is 3.17. The molecule has 10 heteroatoms. The molecule has 0 radical (unpaired) electrons. The summed E-state index contributed by atoms with van der Waals surface area (Å²) in [4.78, 5) is 23.9. The molecule has 3 rings (SSSR count). The SMILES string of the molecule is COc1ccc(Nc2ccc(NC(=O)c3cc(OC)c(OC)c(OC)c3[N+](=O)[O-])cc2)cc1. The molecule has 0 fully saturated rings. The highest BCUT2D eigenvalue weighted by Crippen LogP contribution is 2.46. The standard InChI is InChI=1S/C23H23N3O7/c1-30-17-11-9-15(10-12-17)24-14-5-7-16(8-6-14)25-23(27)18-13-19(31-2)21(32-3)22(33-4)20(18)26(28)29/h5-13,24H,1-4H3,(H,25,27). The third-order valence-electron chi connectivity index (χ3n) is 4.75. The molecule has 172 valence electrons. The molecule has 2 N–H and O–H groups in total. The molecule has 3 aromatic rings. The molecule has 0 atom stereocenters. The van der Waals surface area contributed by atoms with Crippen molar-refractivity contribution < 1.29 is 28.7 Å². The van der Waals surface area contributed by atoms with Crippen molar-refractivity contribution in [3.05, 3.63) is 70.3 Å². The minimum Gasteiger partial charge on any atom is -0.497 e. The number of nitro benzene ring substituents is 1. The first kappa shape index (κ1) is 23.2. The Hall–Kier alpha value is -4.47. The van der Waals surface area contributed by atoms with E-state index in [-0.39, 0.29) is 22.8 Å². The van der Waals surface area contributed by atoms with E-state index in [1.807, 2.05) is 24.3 Å². The largest absolute Gasteiger partial charge is 0.497 e. The van der Waals surface area contributed by atoms with Gasteiger partial charge in [-0.05, 0) is 48.5 Å². The van der Waals surface area contributed by atoms with Gasteiger partial charge in [-0.3, -0.25) is 14.9 Å². The second-order valence-corrected chi connectivity index (χ2v) is 6.68. The van der Waals surface area contributed by atoms with Gasteiger partial charge in [-0.1, -0.05) is 0 Å². The Bertz CT molecular complexity index is 1150. The Morgan fingerprint density at radius 1 is 0.788 bits per heavy atom. The second-order valence-electron chi connectivity index (χ2n) is 6.68. The molecule has 0 aliphatic rings. The summed E-state index contributed by atoms with van der Waals surface area (Å²) in [5.41, 5.74) is 1.35. The number of hydrogen-bond acceptors (Lipinski definition) is 8. The molecule has 1 amide bonds. The smallest absolute Gasteiger partial charge is 0.327 e. The molecule has 0 aliphatic heterocycles. The molecule has 0 aromatic heterocycles. The van der Waals surface area contributed by atoms with Crippen molar-refractivity contribution in [3.8, 4) is 23.0 Å². The Kier molecular flexibility index (Phi) is 7.19. The van der Waals surface area contributed by atoms with Crippen LogP contribution < -0.4 is 29.6 Å². The highest BCUT2D eigenvalue weighted by molar-refractivity contribution is 6.08. The van der Waals surface area contributed by atoms with Crippen LogP contribution in [0.4, 0.5) is 22.7 Å². The maximum Gasteiger partial charge on any atom is 0.327 e. The van der Waals surface area contributed by atoms with Gasteiger partial charge >= 0.3 is 5.69 Å². The van der Waals surface area contributed by atoms with Crippen LogP contribution >= 0.6 is 0 Å². The van der Waals surface area contributed by atoms with Gasteiger partial charge in [-0.25, -0.2) is 0 Å². The Labute approximate surface area is 190 Å².